The molecule has 0 aliphatic heterocycles. The van der Waals surface area contributed by atoms with Crippen molar-refractivity contribution in [2.45, 2.75) is 13.1 Å². The largest absolute Gasteiger partial charge is 0.490 e. The monoisotopic (exact) mass is 508 g/mol. The van der Waals surface area contributed by atoms with Crippen LogP contribution in [0.3, 0.4) is 0 Å². The highest BCUT2D eigenvalue weighted by molar-refractivity contribution is 9.10. The van der Waals surface area contributed by atoms with Crippen molar-refractivity contribution in [2.75, 3.05) is 6.61 Å². The van der Waals surface area contributed by atoms with Gasteiger partial charge in [-0.1, -0.05) is 18.2 Å². The van der Waals surface area contributed by atoms with E-state index < -0.39 is 22.4 Å². The maximum Gasteiger partial charge on any atom is 0.416 e. The molecule has 166 valence electrons. The van der Waals surface area contributed by atoms with Gasteiger partial charge in [0, 0.05) is 12.3 Å². The number of rotatable bonds is 7. The van der Waals surface area contributed by atoms with E-state index in [0.717, 1.165) is 17.8 Å². The Balaban J connectivity index is 1.99. The Hall–Kier alpha value is -3.40. The smallest absolute Gasteiger partial charge is 0.416 e. The molecule has 6 nitrogen and oxygen atoms in total. The van der Waals surface area contributed by atoms with Gasteiger partial charge in [-0.05, 0) is 64.8 Å². The number of hydrogen-bond donors (Lipinski definition) is 0. The van der Waals surface area contributed by atoms with E-state index in [1.54, 1.807) is 25.3 Å². The number of nitrogens with zero attached hydrogens (tertiary/aromatic N) is 2. The molecule has 0 aromatic heterocycles. The van der Waals surface area contributed by atoms with Crippen molar-refractivity contribution >= 4 is 33.5 Å². The molecule has 0 spiro atoms. The first kappa shape index (κ1) is 23.3. The van der Waals surface area contributed by atoms with Gasteiger partial charge < -0.3 is 9.47 Å². The lowest BCUT2D eigenvalue weighted by Crippen LogP contribution is -2.06. The maximum absolute atomic E-state index is 13.0. The first-order valence-electron chi connectivity index (χ1n) is 9.28. The van der Waals surface area contributed by atoms with Crippen LogP contribution in [0.1, 0.15) is 18.1 Å². The Morgan fingerprint density at radius 3 is 2.44 bits per heavy atom. The Bertz CT molecular complexity index is 1150. The number of alkyl halides is 3. The van der Waals surface area contributed by atoms with Crippen molar-refractivity contribution in [3.8, 4) is 17.2 Å². The average molecular weight is 509 g/mol. The summed E-state index contributed by atoms with van der Waals surface area (Å²) >= 11 is 3.34. The van der Waals surface area contributed by atoms with Crippen LogP contribution in [-0.2, 0) is 6.18 Å². The van der Waals surface area contributed by atoms with Crippen LogP contribution >= 0.6 is 15.9 Å². The van der Waals surface area contributed by atoms with Crippen molar-refractivity contribution in [3.63, 3.8) is 0 Å². The zero-order valence-electron chi connectivity index (χ0n) is 16.6. The van der Waals surface area contributed by atoms with Crippen molar-refractivity contribution in [2.24, 2.45) is 4.99 Å². The standard InChI is InChI=1S/C22H16BrF3N2O4/c1-2-31-20-11-14(13-27-16-6-4-3-5-7-16)10-17(23)21(20)32-19-9-8-15(22(24,25)26)12-18(19)28(29)30/h3-13H,2H2,1H3. The van der Waals surface area contributed by atoms with Crippen LogP contribution in [0, 0.1) is 10.1 Å². The van der Waals surface area contributed by atoms with Crippen LogP contribution in [0.15, 0.2) is 70.1 Å². The number of nitro benzene ring substituents is 1. The normalized spacial score (nSPS) is 11.5. The molecule has 0 aliphatic carbocycles. The Morgan fingerprint density at radius 1 is 1.09 bits per heavy atom. The number of nitro groups is 1. The van der Waals surface area contributed by atoms with Gasteiger partial charge in [0.05, 0.1) is 27.3 Å². The van der Waals surface area contributed by atoms with Crippen molar-refractivity contribution < 1.29 is 27.6 Å². The van der Waals surface area contributed by atoms with Gasteiger partial charge in [0.1, 0.15) is 0 Å². The summed E-state index contributed by atoms with van der Waals surface area (Å²) in [6.45, 7) is 2.00. The summed E-state index contributed by atoms with van der Waals surface area (Å²) in [7, 11) is 0. The van der Waals surface area contributed by atoms with Gasteiger partial charge in [-0.2, -0.15) is 13.2 Å². The van der Waals surface area contributed by atoms with Gasteiger partial charge in [0.25, 0.3) is 0 Å². The number of halogens is 4. The second-order valence-electron chi connectivity index (χ2n) is 6.40. The van der Waals surface area contributed by atoms with Crippen molar-refractivity contribution in [1.82, 2.24) is 0 Å². The summed E-state index contributed by atoms with van der Waals surface area (Å²) < 4.78 is 50.5. The molecule has 0 saturated carbocycles. The number of ether oxygens (including phenoxy) is 2. The van der Waals surface area contributed by atoms with E-state index in [-0.39, 0.29) is 23.9 Å². The van der Waals surface area contributed by atoms with E-state index >= 15 is 0 Å². The minimum atomic E-state index is -4.72. The fourth-order valence-electron chi connectivity index (χ4n) is 2.72. The van der Waals surface area contributed by atoms with Gasteiger partial charge in [-0.15, -0.1) is 0 Å². The van der Waals surface area contributed by atoms with E-state index in [0.29, 0.717) is 16.1 Å². The Morgan fingerprint density at radius 2 is 1.81 bits per heavy atom. The van der Waals surface area contributed by atoms with E-state index in [1.807, 2.05) is 30.3 Å². The minimum Gasteiger partial charge on any atom is -0.490 e. The summed E-state index contributed by atoms with van der Waals surface area (Å²) in [5.41, 5.74) is -0.572. The molecule has 32 heavy (non-hydrogen) atoms. The molecule has 3 aromatic rings. The predicted octanol–water partition coefficient (Wildman–Crippen LogP) is 7.32. The molecule has 0 N–H and O–H groups in total. The summed E-state index contributed by atoms with van der Waals surface area (Å²) in [5, 5.41) is 11.4. The molecule has 0 fully saturated rings. The highest BCUT2D eigenvalue weighted by Gasteiger charge is 2.33. The number of aliphatic imine (C=N–C) groups is 1. The average Bonchev–Trinajstić information content (AvgIpc) is 2.74. The summed E-state index contributed by atoms with van der Waals surface area (Å²) in [5.74, 6) is -0.0208. The maximum atomic E-state index is 13.0. The molecule has 0 radical (unpaired) electrons. The van der Waals surface area contributed by atoms with Crippen LogP contribution in [0.5, 0.6) is 17.2 Å². The lowest BCUT2D eigenvalue weighted by Gasteiger charge is -2.15. The Labute approximate surface area is 189 Å². The minimum absolute atomic E-state index is 0.0894. The topological polar surface area (TPSA) is 74.0 Å². The quantitative estimate of drug-likeness (QED) is 0.190. The van der Waals surface area contributed by atoms with E-state index in [4.69, 9.17) is 9.47 Å². The van der Waals surface area contributed by atoms with Crippen LogP contribution in [0.4, 0.5) is 24.5 Å². The third kappa shape index (κ3) is 5.64. The number of hydrogen-bond acceptors (Lipinski definition) is 5. The van der Waals surface area contributed by atoms with Gasteiger partial charge in [-0.25, -0.2) is 0 Å². The number of para-hydroxylation sites is 1. The van der Waals surface area contributed by atoms with Crippen LogP contribution in [0.2, 0.25) is 0 Å². The van der Waals surface area contributed by atoms with Gasteiger partial charge >= 0.3 is 11.9 Å². The molecular weight excluding hydrogens is 493 g/mol. The second-order valence-corrected chi connectivity index (χ2v) is 7.25. The van der Waals surface area contributed by atoms with Gasteiger partial charge in [0.2, 0.25) is 5.75 Å². The predicted molar refractivity (Wildman–Crippen MR) is 117 cm³/mol. The Kier molecular flexibility index (Phi) is 7.14. The molecular formula is C22H16BrF3N2O4. The highest BCUT2D eigenvalue weighted by atomic mass is 79.9. The molecule has 0 saturated heterocycles. The molecule has 0 unspecified atom stereocenters. The lowest BCUT2D eigenvalue weighted by atomic mass is 10.1. The van der Waals surface area contributed by atoms with E-state index in [9.17, 15) is 23.3 Å². The van der Waals surface area contributed by atoms with Crippen LogP contribution < -0.4 is 9.47 Å². The molecule has 3 aromatic carbocycles. The second kappa shape index (κ2) is 9.82. The van der Waals surface area contributed by atoms with Crippen LogP contribution in [-0.4, -0.2) is 17.7 Å². The lowest BCUT2D eigenvalue weighted by molar-refractivity contribution is -0.385. The highest BCUT2D eigenvalue weighted by Crippen LogP contribution is 2.43. The SMILES string of the molecule is CCOc1cc(C=Nc2ccccc2)cc(Br)c1Oc1ccc(C(F)(F)F)cc1[N+](=O)[O-]. The van der Waals surface area contributed by atoms with Gasteiger partial charge in [-0.3, -0.25) is 15.1 Å². The van der Waals surface area contributed by atoms with Crippen LogP contribution in [0.25, 0.3) is 0 Å². The first-order valence-corrected chi connectivity index (χ1v) is 10.1. The van der Waals surface area contributed by atoms with E-state index in [2.05, 4.69) is 20.9 Å². The van der Waals surface area contributed by atoms with Crippen molar-refractivity contribution in [3.05, 3.63) is 86.4 Å². The zero-order chi connectivity index (χ0) is 23.3. The third-order valence-corrected chi connectivity index (χ3v) is 4.73. The summed E-state index contributed by atoms with van der Waals surface area (Å²) in [4.78, 5) is 14.8. The number of benzene rings is 3. The molecule has 0 bridgehead atoms. The summed E-state index contributed by atoms with van der Waals surface area (Å²) in [6.07, 6.45) is -3.12. The van der Waals surface area contributed by atoms with Gasteiger partial charge in [0.15, 0.2) is 11.5 Å². The first-order chi connectivity index (χ1) is 15.2. The molecule has 10 heteroatoms. The van der Waals surface area contributed by atoms with E-state index in [1.165, 1.54) is 0 Å². The molecule has 0 amide bonds. The molecule has 0 aliphatic rings. The summed E-state index contributed by atoms with van der Waals surface area (Å²) in [6, 6.07) is 14.6. The molecule has 0 atom stereocenters. The molecule has 0 heterocycles. The fraction of sp³-hybridized carbons (Fsp3) is 0.136. The fourth-order valence-corrected chi connectivity index (χ4v) is 3.26. The van der Waals surface area contributed by atoms with Crippen molar-refractivity contribution in [1.29, 1.82) is 0 Å². The third-order valence-electron chi connectivity index (χ3n) is 4.15. The molecule has 3 rings (SSSR count). The zero-order valence-corrected chi connectivity index (χ0v) is 18.2.